The van der Waals surface area contributed by atoms with Gasteiger partial charge in [-0.05, 0) is 12.8 Å². The number of imidazole rings is 1. The maximum atomic E-state index is 12.4. The highest BCUT2D eigenvalue weighted by Crippen LogP contribution is 2.06. The van der Waals surface area contributed by atoms with Crippen LogP contribution in [-0.2, 0) is 20.6 Å². The molecular weight excluding hydrogens is 336 g/mol. The summed E-state index contributed by atoms with van der Waals surface area (Å²) in [5.41, 5.74) is 0.401. The highest BCUT2D eigenvalue weighted by Gasteiger charge is 2.14. The molecule has 0 amide bonds. The van der Waals surface area contributed by atoms with Crippen molar-refractivity contribution in [2.24, 2.45) is 14.1 Å². The fourth-order valence-corrected chi connectivity index (χ4v) is 2.88. The second-order valence-electron chi connectivity index (χ2n) is 5.28. The van der Waals surface area contributed by atoms with Crippen molar-refractivity contribution in [1.82, 2.24) is 18.7 Å². The standard InChI is InChI=1S/C14H21BrN4O2/c1-17-10-16-12-11(17)13(20)19(14(21)18(12)2)9-7-5-3-4-6-8-15/h10H,3-9H2,1-2H3. The van der Waals surface area contributed by atoms with Gasteiger partial charge in [-0.25, -0.2) is 9.78 Å². The number of hydrogen-bond donors (Lipinski definition) is 0. The second kappa shape index (κ2) is 7.06. The predicted molar refractivity (Wildman–Crippen MR) is 87.1 cm³/mol. The maximum Gasteiger partial charge on any atom is 0.332 e. The van der Waals surface area contributed by atoms with E-state index in [1.165, 1.54) is 22.0 Å². The van der Waals surface area contributed by atoms with Gasteiger partial charge >= 0.3 is 5.69 Å². The van der Waals surface area contributed by atoms with E-state index >= 15 is 0 Å². The molecule has 116 valence electrons. The quantitative estimate of drug-likeness (QED) is 0.561. The molecule has 0 spiro atoms. The summed E-state index contributed by atoms with van der Waals surface area (Å²) in [6, 6.07) is 0. The van der Waals surface area contributed by atoms with Crippen LogP contribution in [0.1, 0.15) is 32.1 Å². The first-order valence-corrected chi connectivity index (χ1v) is 8.37. The van der Waals surface area contributed by atoms with Crippen molar-refractivity contribution in [3.8, 4) is 0 Å². The summed E-state index contributed by atoms with van der Waals surface area (Å²) in [5, 5.41) is 1.03. The number of halogens is 1. The molecule has 0 fully saturated rings. The van der Waals surface area contributed by atoms with E-state index in [0.29, 0.717) is 17.7 Å². The van der Waals surface area contributed by atoms with E-state index in [-0.39, 0.29) is 11.2 Å². The molecular formula is C14H21BrN4O2. The van der Waals surface area contributed by atoms with Gasteiger partial charge in [0.15, 0.2) is 11.2 Å². The van der Waals surface area contributed by atoms with E-state index in [2.05, 4.69) is 20.9 Å². The first-order valence-electron chi connectivity index (χ1n) is 7.24. The zero-order valence-electron chi connectivity index (χ0n) is 12.5. The van der Waals surface area contributed by atoms with Gasteiger partial charge in [-0.3, -0.25) is 13.9 Å². The molecule has 0 saturated carbocycles. The van der Waals surface area contributed by atoms with Crippen LogP contribution in [0.4, 0.5) is 0 Å². The Morgan fingerprint density at radius 3 is 2.48 bits per heavy atom. The lowest BCUT2D eigenvalue weighted by molar-refractivity contribution is 0.532. The zero-order valence-corrected chi connectivity index (χ0v) is 14.1. The summed E-state index contributed by atoms with van der Waals surface area (Å²) in [5.74, 6) is 0. The Labute approximate surface area is 131 Å². The number of alkyl halides is 1. The molecule has 2 aromatic rings. The van der Waals surface area contributed by atoms with Crippen LogP contribution in [0, 0.1) is 0 Å². The summed E-state index contributed by atoms with van der Waals surface area (Å²) < 4.78 is 4.44. The molecule has 0 aliphatic heterocycles. The van der Waals surface area contributed by atoms with E-state index in [0.717, 1.165) is 24.6 Å². The molecule has 0 aliphatic carbocycles. The van der Waals surface area contributed by atoms with Gasteiger partial charge in [0.25, 0.3) is 5.56 Å². The first-order chi connectivity index (χ1) is 10.1. The van der Waals surface area contributed by atoms with Crippen LogP contribution in [0.2, 0.25) is 0 Å². The number of rotatable bonds is 7. The largest absolute Gasteiger partial charge is 0.332 e. The van der Waals surface area contributed by atoms with Gasteiger partial charge in [0, 0.05) is 26.0 Å². The molecule has 2 aromatic heterocycles. The van der Waals surface area contributed by atoms with Gasteiger partial charge in [-0.2, -0.15) is 0 Å². The van der Waals surface area contributed by atoms with Crippen LogP contribution in [0.5, 0.6) is 0 Å². The van der Waals surface area contributed by atoms with Crippen molar-refractivity contribution in [3.05, 3.63) is 27.2 Å². The molecule has 21 heavy (non-hydrogen) atoms. The average molecular weight is 357 g/mol. The molecule has 2 rings (SSSR count). The predicted octanol–water partition coefficient (Wildman–Crippen LogP) is 1.78. The molecule has 0 N–H and O–H groups in total. The minimum Gasteiger partial charge on any atom is -0.328 e. The van der Waals surface area contributed by atoms with Crippen LogP contribution in [0.25, 0.3) is 11.2 Å². The molecule has 0 unspecified atom stereocenters. The topological polar surface area (TPSA) is 61.8 Å². The minimum atomic E-state index is -0.286. The molecule has 0 bridgehead atoms. The number of aromatic nitrogens is 4. The summed E-state index contributed by atoms with van der Waals surface area (Å²) in [4.78, 5) is 28.8. The van der Waals surface area contributed by atoms with Crippen molar-refractivity contribution in [2.45, 2.75) is 38.6 Å². The molecule has 0 radical (unpaired) electrons. The molecule has 6 nitrogen and oxygen atoms in total. The van der Waals surface area contributed by atoms with Gasteiger partial charge < -0.3 is 4.57 Å². The Balaban J connectivity index is 2.18. The molecule has 0 aromatic carbocycles. The van der Waals surface area contributed by atoms with Crippen LogP contribution >= 0.6 is 15.9 Å². The first kappa shape index (κ1) is 16.0. The van der Waals surface area contributed by atoms with Gasteiger partial charge in [-0.1, -0.05) is 35.2 Å². The van der Waals surface area contributed by atoms with E-state index in [9.17, 15) is 9.59 Å². The summed E-state index contributed by atoms with van der Waals surface area (Å²) >= 11 is 3.41. The van der Waals surface area contributed by atoms with Crippen molar-refractivity contribution < 1.29 is 0 Å². The van der Waals surface area contributed by atoms with Gasteiger partial charge in [0.2, 0.25) is 0 Å². The fraction of sp³-hybridized carbons (Fsp3) is 0.643. The Morgan fingerprint density at radius 2 is 1.76 bits per heavy atom. The number of hydrogen-bond acceptors (Lipinski definition) is 3. The van der Waals surface area contributed by atoms with Crippen LogP contribution < -0.4 is 11.2 Å². The summed E-state index contributed by atoms with van der Waals surface area (Å²) in [6.07, 6.45) is 6.93. The molecule has 0 saturated heterocycles. The molecule has 2 heterocycles. The third-order valence-corrected chi connectivity index (χ3v) is 4.28. The number of aryl methyl sites for hydroxylation is 2. The van der Waals surface area contributed by atoms with Crippen LogP contribution in [0.3, 0.4) is 0 Å². The highest BCUT2D eigenvalue weighted by atomic mass is 79.9. The summed E-state index contributed by atoms with van der Waals surface area (Å²) in [6.45, 7) is 0.473. The monoisotopic (exact) mass is 356 g/mol. The smallest absolute Gasteiger partial charge is 0.328 e. The summed E-state index contributed by atoms with van der Waals surface area (Å²) in [7, 11) is 3.43. The van der Waals surface area contributed by atoms with Crippen LogP contribution in [0.15, 0.2) is 15.9 Å². The van der Waals surface area contributed by atoms with E-state index in [4.69, 9.17) is 0 Å². The SMILES string of the molecule is Cn1cnc2c1c(=O)n(CCCCCCCBr)c(=O)n2C. The number of unbranched alkanes of at least 4 members (excludes halogenated alkanes) is 4. The molecule has 0 atom stereocenters. The molecule has 0 aliphatic rings. The number of fused-ring (bicyclic) bond motifs is 1. The van der Waals surface area contributed by atoms with Crippen molar-refractivity contribution in [3.63, 3.8) is 0 Å². The molecule has 7 heteroatoms. The van der Waals surface area contributed by atoms with Crippen molar-refractivity contribution in [2.75, 3.05) is 5.33 Å². The average Bonchev–Trinajstić information content (AvgIpc) is 2.85. The third kappa shape index (κ3) is 3.28. The van der Waals surface area contributed by atoms with Crippen molar-refractivity contribution in [1.29, 1.82) is 0 Å². The fourth-order valence-electron chi connectivity index (χ4n) is 2.49. The highest BCUT2D eigenvalue weighted by molar-refractivity contribution is 9.09. The Kier molecular flexibility index (Phi) is 5.39. The van der Waals surface area contributed by atoms with Crippen LogP contribution in [-0.4, -0.2) is 24.0 Å². The maximum absolute atomic E-state index is 12.4. The lowest BCUT2D eigenvalue weighted by Crippen LogP contribution is -2.39. The van der Waals surface area contributed by atoms with Gasteiger partial charge in [0.05, 0.1) is 6.33 Å². The Hall–Kier alpha value is -1.37. The van der Waals surface area contributed by atoms with E-state index < -0.39 is 0 Å². The normalized spacial score (nSPS) is 11.4. The van der Waals surface area contributed by atoms with E-state index in [1.54, 1.807) is 25.0 Å². The lowest BCUT2D eigenvalue weighted by atomic mass is 10.1. The zero-order chi connectivity index (χ0) is 15.4. The second-order valence-corrected chi connectivity index (χ2v) is 6.08. The minimum absolute atomic E-state index is 0.242. The Bertz CT molecular complexity index is 729. The van der Waals surface area contributed by atoms with Gasteiger partial charge in [0.1, 0.15) is 0 Å². The van der Waals surface area contributed by atoms with Gasteiger partial charge in [-0.15, -0.1) is 0 Å². The van der Waals surface area contributed by atoms with E-state index in [1.807, 2.05) is 0 Å². The Morgan fingerprint density at radius 1 is 1.10 bits per heavy atom. The lowest BCUT2D eigenvalue weighted by Gasteiger charge is -2.08. The number of nitrogens with zero attached hydrogens (tertiary/aromatic N) is 4. The third-order valence-electron chi connectivity index (χ3n) is 3.72. The van der Waals surface area contributed by atoms with Crippen molar-refractivity contribution >= 4 is 27.1 Å².